The molecule has 1 unspecified atom stereocenters. The standard InChI is InChI=1S/C10H11ClN2O5S/c11-12-19(16,17)9-3-1-7(2-4-9)13-5-8(6-14)18-10(13)15/h1-4,8,12,14H,5-6H2. The molecule has 2 N–H and O–H groups in total. The first-order chi connectivity index (χ1) is 8.97. The lowest BCUT2D eigenvalue weighted by Gasteiger charge is -2.13. The molecule has 1 saturated heterocycles. The van der Waals surface area contributed by atoms with Gasteiger partial charge in [-0.25, -0.2) is 13.2 Å². The zero-order valence-corrected chi connectivity index (χ0v) is 11.2. The molecule has 19 heavy (non-hydrogen) atoms. The topological polar surface area (TPSA) is 95.9 Å². The van der Waals surface area contributed by atoms with E-state index in [1.54, 1.807) is 4.24 Å². The van der Waals surface area contributed by atoms with Crippen LogP contribution in [0.25, 0.3) is 0 Å². The number of carbonyl (C=O) groups is 1. The van der Waals surface area contributed by atoms with E-state index in [0.717, 1.165) is 0 Å². The van der Waals surface area contributed by atoms with Gasteiger partial charge < -0.3 is 9.84 Å². The molecule has 0 radical (unpaired) electrons. The molecule has 104 valence electrons. The van der Waals surface area contributed by atoms with Gasteiger partial charge in [0.25, 0.3) is 10.0 Å². The Hall–Kier alpha value is -1.35. The van der Waals surface area contributed by atoms with E-state index in [2.05, 4.69) is 0 Å². The molecule has 1 atom stereocenters. The minimum atomic E-state index is -3.73. The zero-order valence-electron chi connectivity index (χ0n) is 9.61. The number of benzene rings is 1. The third kappa shape index (κ3) is 2.81. The summed E-state index contributed by atoms with van der Waals surface area (Å²) < 4.78 is 29.4. The lowest BCUT2D eigenvalue weighted by Crippen LogP contribution is -2.25. The van der Waals surface area contributed by atoms with Crippen LogP contribution >= 0.6 is 11.8 Å². The van der Waals surface area contributed by atoms with Gasteiger partial charge in [-0.1, -0.05) is 0 Å². The molecule has 1 aromatic carbocycles. The Morgan fingerprint density at radius 3 is 2.53 bits per heavy atom. The highest BCUT2D eigenvalue weighted by atomic mass is 35.5. The summed E-state index contributed by atoms with van der Waals surface area (Å²) in [5.74, 6) is 0. The fourth-order valence-electron chi connectivity index (χ4n) is 1.68. The van der Waals surface area contributed by atoms with E-state index in [0.29, 0.717) is 5.69 Å². The predicted octanol–water partition coefficient (Wildman–Crippen LogP) is 0.436. The summed E-state index contributed by atoms with van der Waals surface area (Å²) in [5.41, 5.74) is 0.481. The molecule has 0 bridgehead atoms. The van der Waals surface area contributed by atoms with Crippen LogP contribution in [0.4, 0.5) is 10.5 Å². The van der Waals surface area contributed by atoms with Crippen LogP contribution in [-0.4, -0.2) is 38.9 Å². The van der Waals surface area contributed by atoms with Gasteiger partial charge in [0.2, 0.25) is 0 Å². The number of ether oxygens (including phenoxy) is 1. The van der Waals surface area contributed by atoms with Crippen LogP contribution in [0.3, 0.4) is 0 Å². The molecule has 0 aromatic heterocycles. The first kappa shape index (κ1) is 14.1. The molecule has 1 aromatic rings. The molecular formula is C10H11ClN2O5S. The molecule has 1 aliphatic heterocycles. The van der Waals surface area contributed by atoms with Crippen molar-refractivity contribution in [3.05, 3.63) is 24.3 Å². The van der Waals surface area contributed by atoms with Crippen LogP contribution in [0, 0.1) is 0 Å². The average Bonchev–Trinajstić information content (AvgIpc) is 2.80. The van der Waals surface area contributed by atoms with Gasteiger partial charge in [-0.05, 0) is 36.0 Å². The van der Waals surface area contributed by atoms with Gasteiger partial charge in [0, 0.05) is 5.69 Å². The normalized spacial score (nSPS) is 19.6. The van der Waals surface area contributed by atoms with Crippen LogP contribution in [0.15, 0.2) is 29.2 Å². The first-order valence-corrected chi connectivity index (χ1v) is 7.15. The highest BCUT2D eigenvalue weighted by Crippen LogP contribution is 2.23. The molecule has 0 saturated carbocycles. The molecular weight excluding hydrogens is 296 g/mol. The van der Waals surface area contributed by atoms with E-state index in [1.165, 1.54) is 29.2 Å². The van der Waals surface area contributed by atoms with Gasteiger partial charge in [-0.3, -0.25) is 4.90 Å². The van der Waals surface area contributed by atoms with Crippen LogP contribution in [0.5, 0.6) is 0 Å². The number of halogens is 1. The monoisotopic (exact) mass is 306 g/mol. The maximum atomic E-state index is 11.5. The minimum Gasteiger partial charge on any atom is -0.441 e. The second kappa shape index (κ2) is 5.33. The number of aliphatic hydroxyl groups is 1. The summed E-state index contributed by atoms with van der Waals surface area (Å²) in [4.78, 5) is 12.8. The molecule has 9 heteroatoms. The van der Waals surface area contributed by atoms with Gasteiger partial charge in [0.05, 0.1) is 18.0 Å². The number of anilines is 1. The number of carbonyl (C=O) groups excluding carboxylic acids is 1. The number of nitrogens with one attached hydrogen (secondary N) is 1. The Kier molecular flexibility index (Phi) is 3.95. The van der Waals surface area contributed by atoms with E-state index in [1.807, 2.05) is 0 Å². The van der Waals surface area contributed by atoms with Gasteiger partial charge in [-0.2, -0.15) is 0 Å². The van der Waals surface area contributed by atoms with E-state index < -0.39 is 22.2 Å². The van der Waals surface area contributed by atoms with Crippen LogP contribution in [0.2, 0.25) is 0 Å². The minimum absolute atomic E-state index is 0.0162. The van der Waals surface area contributed by atoms with E-state index in [-0.39, 0.29) is 18.0 Å². The van der Waals surface area contributed by atoms with Crippen molar-refractivity contribution in [3.63, 3.8) is 0 Å². The van der Waals surface area contributed by atoms with Crippen molar-refractivity contribution in [2.24, 2.45) is 0 Å². The molecule has 1 amide bonds. The Bertz CT molecular complexity index is 574. The number of hydrogen-bond acceptors (Lipinski definition) is 5. The van der Waals surface area contributed by atoms with Crippen LogP contribution in [0.1, 0.15) is 0 Å². The van der Waals surface area contributed by atoms with Crippen molar-refractivity contribution in [2.75, 3.05) is 18.1 Å². The van der Waals surface area contributed by atoms with Gasteiger partial charge >= 0.3 is 6.09 Å². The van der Waals surface area contributed by atoms with Crippen LogP contribution < -0.4 is 9.14 Å². The predicted molar refractivity (Wildman–Crippen MR) is 67.3 cm³/mol. The Balaban J connectivity index is 2.22. The lowest BCUT2D eigenvalue weighted by atomic mass is 10.3. The van der Waals surface area contributed by atoms with Crippen molar-refractivity contribution in [1.82, 2.24) is 4.24 Å². The second-order valence-electron chi connectivity index (χ2n) is 3.87. The number of sulfonamides is 1. The van der Waals surface area contributed by atoms with E-state index >= 15 is 0 Å². The van der Waals surface area contributed by atoms with Crippen molar-refractivity contribution >= 4 is 33.6 Å². The summed E-state index contributed by atoms with van der Waals surface area (Å²) in [6.07, 6.45) is -1.15. The number of aliphatic hydroxyl groups excluding tert-OH is 1. The quantitative estimate of drug-likeness (QED) is 0.787. The van der Waals surface area contributed by atoms with Crippen LogP contribution in [-0.2, 0) is 14.8 Å². The third-order valence-corrected chi connectivity index (χ3v) is 4.34. The molecule has 0 aliphatic carbocycles. The van der Waals surface area contributed by atoms with Crippen molar-refractivity contribution in [2.45, 2.75) is 11.0 Å². The lowest BCUT2D eigenvalue weighted by molar-refractivity contribution is 0.0963. The maximum absolute atomic E-state index is 11.5. The summed E-state index contributed by atoms with van der Waals surface area (Å²) in [7, 11) is -3.73. The Morgan fingerprint density at radius 2 is 2.05 bits per heavy atom. The number of nitrogens with zero attached hydrogens (tertiary/aromatic N) is 1. The summed E-state index contributed by atoms with van der Waals surface area (Å²) in [6, 6.07) is 5.56. The molecule has 1 fully saturated rings. The second-order valence-corrected chi connectivity index (χ2v) is 5.97. The average molecular weight is 307 g/mol. The largest absolute Gasteiger partial charge is 0.441 e. The first-order valence-electron chi connectivity index (χ1n) is 5.29. The number of cyclic esters (lactones) is 1. The summed E-state index contributed by atoms with van der Waals surface area (Å²) in [5, 5.41) is 8.93. The van der Waals surface area contributed by atoms with Gasteiger partial charge in [-0.15, -0.1) is 4.24 Å². The molecule has 2 rings (SSSR count). The van der Waals surface area contributed by atoms with Gasteiger partial charge in [0.15, 0.2) is 0 Å². The molecule has 7 nitrogen and oxygen atoms in total. The van der Waals surface area contributed by atoms with E-state index in [9.17, 15) is 13.2 Å². The number of amides is 1. The number of rotatable bonds is 4. The van der Waals surface area contributed by atoms with Crippen molar-refractivity contribution in [3.8, 4) is 0 Å². The van der Waals surface area contributed by atoms with Crippen molar-refractivity contribution in [1.29, 1.82) is 0 Å². The fourth-order valence-corrected chi connectivity index (χ4v) is 2.53. The molecule has 0 spiro atoms. The maximum Gasteiger partial charge on any atom is 0.414 e. The smallest absolute Gasteiger partial charge is 0.414 e. The Labute approximate surface area is 114 Å². The number of hydrogen-bond donors (Lipinski definition) is 2. The van der Waals surface area contributed by atoms with Gasteiger partial charge in [0.1, 0.15) is 6.10 Å². The summed E-state index contributed by atoms with van der Waals surface area (Å²) >= 11 is 5.11. The SMILES string of the molecule is O=C1OC(CO)CN1c1ccc(S(=O)(=O)NCl)cc1. The van der Waals surface area contributed by atoms with E-state index in [4.69, 9.17) is 21.6 Å². The third-order valence-electron chi connectivity index (χ3n) is 2.64. The molecule has 1 heterocycles. The fraction of sp³-hybridized carbons (Fsp3) is 0.300. The zero-order chi connectivity index (χ0) is 14.0. The highest BCUT2D eigenvalue weighted by Gasteiger charge is 2.31. The molecule has 1 aliphatic rings. The highest BCUT2D eigenvalue weighted by molar-refractivity contribution is 7.90. The Morgan fingerprint density at radius 1 is 1.42 bits per heavy atom. The van der Waals surface area contributed by atoms with Crippen molar-refractivity contribution < 1.29 is 23.1 Å². The summed E-state index contributed by atoms with van der Waals surface area (Å²) in [6.45, 7) is -0.0416.